The zero-order valence-corrected chi connectivity index (χ0v) is 20.6. The predicted molar refractivity (Wildman–Crippen MR) is 124 cm³/mol. The van der Waals surface area contributed by atoms with Gasteiger partial charge in [0, 0.05) is 48.3 Å². The largest absolute Gasteiger partial charge is 0.484 e. The first kappa shape index (κ1) is 25.2. The highest BCUT2D eigenvalue weighted by Gasteiger charge is 2.47. The van der Waals surface area contributed by atoms with Crippen molar-refractivity contribution in [3.63, 3.8) is 0 Å². The topological polar surface area (TPSA) is 63.7 Å². The van der Waals surface area contributed by atoms with Gasteiger partial charge in [0.25, 0.3) is 5.91 Å². The van der Waals surface area contributed by atoms with Crippen LogP contribution in [0.1, 0.15) is 41.6 Å². The summed E-state index contributed by atoms with van der Waals surface area (Å²) in [4.78, 5) is 18.5. The van der Waals surface area contributed by atoms with E-state index in [1.807, 2.05) is 6.92 Å². The number of hydrogen-bond donors (Lipinski definition) is 1. The number of carbonyl (C=O) groups is 1. The molecule has 2 heterocycles. The van der Waals surface area contributed by atoms with Crippen molar-refractivity contribution < 1.29 is 36.2 Å². The second kappa shape index (κ2) is 9.13. The number of thiazole rings is 1. The smallest absolute Gasteiger partial charge is 0.393 e. The number of nitrogens with one attached hydrogen (secondary N) is 1. The molecule has 2 unspecified atom stereocenters. The summed E-state index contributed by atoms with van der Waals surface area (Å²) in [7, 11) is 1.57. The minimum absolute atomic E-state index is 0.162. The number of amides is 1. The molecule has 5 rings (SSSR count). The van der Waals surface area contributed by atoms with Crippen LogP contribution < -0.4 is 15.0 Å². The lowest BCUT2D eigenvalue weighted by Crippen LogP contribution is -2.57. The number of hydrogen-bond acceptors (Lipinski definition) is 6. The number of halogens is 5. The van der Waals surface area contributed by atoms with E-state index in [1.165, 1.54) is 0 Å². The molecule has 2 aliphatic carbocycles. The van der Waals surface area contributed by atoms with Gasteiger partial charge in [-0.25, -0.2) is 13.8 Å². The summed E-state index contributed by atoms with van der Waals surface area (Å²) < 4.78 is 79.5. The number of fused-ring (bicyclic) bond motifs is 1. The normalized spacial score (nSPS) is 24.3. The molecular weight excluding hydrogens is 505 g/mol. The third-order valence-corrected chi connectivity index (χ3v) is 8.03. The summed E-state index contributed by atoms with van der Waals surface area (Å²) in [5.41, 5.74) is -0.815. The molecule has 3 aliphatic rings. The Kier molecular flexibility index (Phi) is 6.39. The number of nitrogens with zero attached hydrogens (tertiary/aromatic N) is 2. The van der Waals surface area contributed by atoms with Crippen molar-refractivity contribution in [2.75, 3.05) is 37.0 Å². The fraction of sp³-hybridized carbons (Fsp3) is 0.583. The molecule has 1 aliphatic heterocycles. The summed E-state index contributed by atoms with van der Waals surface area (Å²) in [6, 6.07) is 1.79. The van der Waals surface area contributed by atoms with Crippen molar-refractivity contribution in [2.45, 2.75) is 44.9 Å². The molecule has 1 aromatic heterocycles. The molecule has 2 aromatic rings. The van der Waals surface area contributed by atoms with Gasteiger partial charge in [0.2, 0.25) is 0 Å². The van der Waals surface area contributed by atoms with Crippen LogP contribution in [-0.2, 0) is 11.2 Å². The van der Waals surface area contributed by atoms with Crippen LogP contribution in [0.15, 0.2) is 12.1 Å². The quantitative estimate of drug-likeness (QED) is 0.461. The Morgan fingerprint density at radius 2 is 1.83 bits per heavy atom. The Hall–Kier alpha value is -2.47. The summed E-state index contributed by atoms with van der Waals surface area (Å²) in [5, 5.41) is 2.57. The van der Waals surface area contributed by atoms with E-state index in [0.717, 1.165) is 42.7 Å². The number of alkyl halides is 3. The molecule has 2 atom stereocenters. The van der Waals surface area contributed by atoms with Gasteiger partial charge in [-0.15, -0.1) is 11.3 Å². The molecule has 1 amide bonds. The number of methoxy groups -OCH3 is 1. The van der Waals surface area contributed by atoms with E-state index in [0.29, 0.717) is 31.5 Å². The standard InChI is InChI=1S/C24H26F5N3O3S/c1-23(11-34-2)9-32(10-23)22-31-19(18(36-22)8-24(27,28)29)21(33)30-14-6-16(25)20(17(26)7-14)35-15-4-12-3-13(12)5-15/h6-7,12-13,15H,3-5,8-11H2,1-2H3,(H,30,33). The first-order chi connectivity index (χ1) is 16.9. The average Bonchev–Trinajstić information content (AvgIpc) is 3.15. The second-order valence-electron chi connectivity index (χ2n) is 10.4. The van der Waals surface area contributed by atoms with Crippen LogP contribution in [-0.4, -0.2) is 50.0 Å². The SMILES string of the molecule is COCC1(C)CN(c2nc(C(=O)Nc3cc(F)c(OC4CC5CC5C4)c(F)c3)c(CC(F)(F)F)s2)C1. The highest BCUT2D eigenvalue weighted by molar-refractivity contribution is 7.16. The zero-order chi connectivity index (χ0) is 25.8. The van der Waals surface area contributed by atoms with Crippen molar-refractivity contribution in [3.05, 3.63) is 34.3 Å². The number of ether oxygens (including phenoxy) is 2. The monoisotopic (exact) mass is 531 g/mol. The van der Waals surface area contributed by atoms with Gasteiger partial charge in [-0.1, -0.05) is 6.92 Å². The number of carbonyl (C=O) groups excluding carboxylic acids is 1. The molecule has 1 aromatic carbocycles. The zero-order valence-electron chi connectivity index (χ0n) is 19.8. The summed E-state index contributed by atoms with van der Waals surface area (Å²) in [6.45, 7) is 3.50. The molecule has 2 saturated carbocycles. The molecule has 0 radical (unpaired) electrons. The van der Waals surface area contributed by atoms with Crippen LogP contribution in [0.3, 0.4) is 0 Å². The molecule has 0 bridgehead atoms. The van der Waals surface area contributed by atoms with E-state index in [9.17, 15) is 26.7 Å². The van der Waals surface area contributed by atoms with E-state index in [2.05, 4.69) is 10.3 Å². The van der Waals surface area contributed by atoms with Crippen molar-refractivity contribution in [1.82, 2.24) is 4.98 Å². The first-order valence-corrected chi connectivity index (χ1v) is 12.5. The third kappa shape index (κ3) is 5.29. The molecule has 1 saturated heterocycles. The second-order valence-corrected chi connectivity index (χ2v) is 11.4. The molecule has 36 heavy (non-hydrogen) atoms. The van der Waals surface area contributed by atoms with Gasteiger partial charge < -0.3 is 19.7 Å². The van der Waals surface area contributed by atoms with Crippen LogP contribution in [0, 0.1) is 28.9 Å². The van der Waals surface area contributed by atoms with E-state index in [4.69, 9.17) is 9.47 Å². The Labute approximate surface area is 208 Å². The number of rotatable bonds is 8. The van der Waals surface area contributed by atoms with Crippen molar-refractivity contribution >= 4 is 28.1 Å². The number of benzene rings is 1. The van der Waals surface area contributed by atoms with Gasteiger partial charge in [0.05, 0.1) is 19.1 Å². The van der Waals surface area contributed by atoms with Crippen LogP contribution >= 0.6 is 11.3 Å². The van der Waals surface area contributed by atoms with Crippen molar-refractivity contribution in [2.24, 2.45) is 17.3 Å². The van der Waals surface area contributed by atoms with Crippen LogP contribution in [0.2, 0.25) is 0 Å². The van der Waals surface area contributed by atoms with Gasteiger partial charge in [-0.3, -0.25) is 4.79 Å². The maximum Gasteiger partial charge on any atom is 0.393 e. The van der Waals surface area contributed by atoms with E-state index in [1.54, 1.807) is 12.0 Å². The Morgan fingerprint density at radius 3 is 2.42 bits per heavy atom. The lowest BCUT2D eigenvalue weighted by Gasteiger charge is -2.47. The van der Waals surface area contributed by atoms with E-state index in [-0.39, 0.29) is 27.2 Å². The molecule has 6 nitrogen and oxygen atoms in total. The molecule has 3 fully saturated rings. The van der Waals surface area contributed by atoms with Crippen LogP contribution in [0.5, 0.6) is 5.75 Å². The molecular formula is C24H26F5N3O3S. The average molecular weight is 532 g/mol. The van der Waals surface area contributed by atoms with Gasteiger partial charge in [0.15, 0.2) is 22.5 Å². The molecule has 1 N–H and O–H groups in total. The van der Waals surface area contributed by atoms with Crippen molar-refractivity contribution in [1.29, 1.82) is 0 Å². The maximum absolute atomic E-state index is 14.6. The molecule has 196 valence electrons. The highest BCUT2D eigenvalue weighted by Crippen LogP contribution is 2.52. The van der Waals surface area contributed by atoms with Gasteiger partial charge in [0.1, 0.15) is 5.69 Å². The number of anilines is 2. The summed E-state index contributed by atoms with van der Waals surface area (Å²) in [5.74, 6) is -2.32. The Bertz CT molecular complexity index is 1130. The lowest BCUT2D eigenvalue weighted by molar-refractivity contribution is -0.126. The predicted octanol–water partition coefficient (Wildman–Crippen LogP) is 5.43. The lowest BCUT2D eigenvalue weighted by atomic mass is 9.83. The van der Waals surface area contributed by atoms with Crippen molar-refractivity contribution in [3.8, 4) is 5.75 Å². The Morgan fingerprint density at radius 1 is 1.19 bits per heavy atom. The highest BCUT2D eigenvalue weighted by atomic mass is 32.1. The third-order valence-electron chi connectivity index (χ3n) is 6.91. The minimum Gasteiger partial charge on any atom is -0.484 e. The molecule has 12 heteroatoms. The van der Waals surface area contributed by atoms with Gasteiger partial charge >= 0.3 is 6.18 Å². The number of aromatic nitrogens is 1. The fourth-order valence-corrected chi connectivity index (χ4v) is 6.35. The van der Waals surface area contributed by atoms with Gasteiger partial charge in [-0.05, 0) is 31.1 Å². The van der Waals surface area contributed by atoms with E-state index < -0.39 is 41.6 Å². The fourth-order valence-electron chi connectivity index (χ4n) is 5.26. The van der Waals surface area contributed by atoms with Gasteiger partial charge in [-0.2, -0.15) is 13.2 Å². The summed E-state index contributed by atoms with van der Waals surface area (Å²) >= 11 is 0.783. The molecule has 0 spiro atoms. The summed E-state index contributed by atoms with van der Waals surface area (Å²) in [6.07, 6.45) is -3.49. The van der Waals surface area contributed by atoms with E-state index >= 15 is 0 Å². The maximum atomic E-state index is 14.6. The minimum atomic E-state index is -4.56. The first-order valence-electron chi connectivity index (χ1n) is 11.7. The van der Waals surface area contributed by atoms with Crippen LogP contribution in [0.4, 0.5) is 32.8 Å². The van der Waals surface area contributed by atoms with Crippen LogP contribution in [0.25, 0.3) is 0 Å². The Balaban J connectivity index is 1.31.